The number of rotatable bonds is 10. The van der Waals surface area contributed by atoms with Gasteiger partial charge in [-0.1, -0.05) is 17.7 Å². The number of morpholine rings is 1. The summed E-state index contributed by atoms with van der Waals surface area (Å²) in [6, 6.07) is 11.2. The molecule has 3 heterocycles. The average Bonchev–Trinajstić information content (AvgIpc) is 3.32. The number of amides is 1. The van der Waals surface area contributed by atoms with Gasteiger partial charge in [0.2, 0.25) is 15.9 Å². The summed E-state index contributed by atoms with van der Waals surface area (Å²) < 4.78 is 47.0. The van der Waals surface area contributed by atoms with E-state index in [1.807, 2.05) is 16.8 Å². The molecule has 1 amide bonds. The first-order chi connectivity index (χ1) is 19.7. The summed E-state index contributed by atoms with van der Waals surface area (Å²) in [5.74, 6) is -0.572. The van der Waals surface area contributed by atoms with Crippen molar-refractivity contribution in [1.82, 2.24) is 19.0 Å². The van der Waals surface area contributed by atoms with E-state index >= 15 is 0 Å². The number of hydrogen-bond donors (Lipinski definition) is 1. The van der Waals surface area contributed by atoms with Crippen molar-refractivity contribution in [2.75, 3.05) is 51.0 Å². The quantitative estimate of drug-likeness (QED) is 0.377. The van der Waals surface area contributed by atoms with Gasteiger partial charge in [-0.2, -0.15) is 9.40 Å². The van der Waals surface area contributed by atoms with E-state index in [0.29, 0.717) is 30.1 Å². The van der Waals surface area contributed by atoms with Gasteiger partial charge in [0.15, 0.2) is 0 Å². The van der Waals surface area contributed by atoms with E-state index < -0.39 is 10.0 Å². The highest BCUT2D eigenvalue weighted by molar-refractivity contribution is 7.88. The number of benzene rings is 2. The van der Waals surface area contributed by atoms with Crippen LogP contribution in [-0.4, -0.2) is 79.0 Å². The molecule has 3 aromatic rings. The number of nitrogens with zero attached hydrogens (tertiary/aromatic N) is 4. The number of halogens is 2. The van der Waals surface area contributed by atoms with Gasteiger partial charge in [-0.25, -0.2) is 12.8 Å². The van der Waals surface area contributed by atoms with Crippen LogP contribution in [-0.2, 0) is 45.5 Å². The topological polar surface area (TPSA) is 96.8 Å². The molecule has 1 aromatic heterocycles. The maximum atomic E-state index is 13.2. The highest BCUT2D eigenvalue weighted by Gasteiger charge is 2.30. The Morgan fingerprint density at radius 1 is 1.10 bits per heavy atom. The minimum Gasteiger partial charge on any atom is -0.379 e. The fourth-order valence-corrected chi connectivity index (χ4v) is 6.35. The summed E-state index contributed by atoms with van der Waals surface area (Å²) >= 11 is 6.52. The molecule has 9 nitrogen and oxygen atoms in total. The summed E-state index contributed by atoms with van der Waals surface area (Å²) in [4.78, 5) is 14.9. The van der Waals surface area contributed by atoms with E-state index in [2.05, 4.69) is 10.2 Å². The molecule has 0 atom stereocenters. The van der Waals surface area contributed by atoms with Crippen LogP contribution < -0.4 is 5.32 Å². The molecule has 1 N–H and O–H groups in total. The first-order valence-corrected chi connectivity index (χ1v) is 16.1. The monoisotopic (exact) mass is 603 g/mol. The lowest BCUT2D eigenvalue weighted by molar-refractivity contribution is -0.116. The predicted molar refractivity (Wildman–Crippen MR) is 157 cm³/mol. The van der Waals surface area contributed by atoms with Gasteiger partial charge in [-0.05, 0) is 54.8 Å². The molecule has 2 aliphatic rings. The summed E-state index contributed by atoms with van der Waals surface area (Å²) in [6.07, 6.45) is 3.35. The van der Waals surface area contributed by atoms with Crippen LogP contribution in [0.25, 0.3) is 11.3 Å². The average molecular weight is 604 g/mol. The van der Waals surface area contributed by atoms with E-state index in [0.717, 1.165) is 73.9 Å². The van der Waals surface area contributed by atoms with Gasteiger partial charge in [-0.3, -0.25) is 14.4 Å². The van der Waals surface area contributed by atoms with Crippen LogP contribution in [0.3, 0.4) is 0 Å². The molecular weight excluding hydrogens is 569 g/mol. The van der Waals surface area contributed by atoms with Crippen molar-refractivity contribution in [2.24, 2.45) is 0 Å². The Bertz CT molecular complexity index is 1490. The Hall–Kier alpha value is -2.83. The zero-order chi connectivity index (χ0) is 29.0. The number of hydrogen-bond acceptors (Lipinski definition) is 6. The smallest absolute Gasteiger partial charge is 0.224 e. The molecule has 12 heteroatoms. The van der Waals surface area contributed by atoms with Crippen molar-refractivity contribution in [1.29, 1.82) is 0 Å². The van der Waals surface area contributed by atoms with Crippen LogP contribution in [0.5, 0.6) is 0 Å². The molecule has 0 saturated carbocycles. The third-order valence-electron chi connectivity index (χ3n) is 7.58. The van der Waals surface area contributed by atoms with Crippen LogP contribution in [0.2, 0.25) is 5.02 Å². The fraction of sp³-hybridized carbons (Fsp3) is 0.448. The molecule has 2 aromatic carbocycles. The highest BCUT2D eigenvalue weighted by Crippen LogP contribution is 2.33. The largest absolute Gasteiger partial charge is 0.379 e. The number of aromatic nitrogens is 2. The predicted octanol–water partition coefficient (Wildman–Crippen LogP) is 3.95. The van der Waals surface area contributed by atoms with Crippen molar-refractivity contribution < 1.29 is 22.3 Å². The Balaban J connectivity index is 1.34. The first kappa shape index (κ1) is 29.7. The number of carbonyl (C=O) groups is 1. The van der Waals surface area contributed by atoms with Crippen LogP contribution in [0, 0.1) is 5.82 Å². The van der Waals surface area contributed by atoms with Gasteiger partial charge >= 0.3 is 0 Å². The zero-order valence-corrected chi connectivity index (χ0v) is 24.7. The first-order valence-electron chi connectivity index (χ1n) is 13.9. The van der Waals surface area contributed by atoms with Gasteiger partial charge < -0.3 is 10.1 Å². The van der Waals surface area contributed by atoms with Gasteiger partial charge in [0, 0.05) is 79.6 Å². The number of sulfonamides is 1. The third kappa shape index (κ3) is 7.52. The van der Waals surface area contributed by atoms with Crippen molar-refractivity contribution in [3.8, 4) is 11.3 Å². The SMILES string of the molecule is CS(=O)(=O)N1CCc2c(c(-c3ccc(Cl)c(CCC(=O)Nc4ccc(F)cc4)c3)nn2CCCN2CCOCC2)C1. The van der Waals surface area contributed by atoms with Crippen molar-refractivity contribution in [3.05, 3.63) is 70.1 Å². The summed E-state index contributed by atoms with van der Waals surface area (Å²) in [5.41, 5.74) is 4.88. The molecule has 0 bridgehead atoms. The minimum absolute atomic E-state index is 0.191. The van der Waals surface area contributed by atoms with Gasteiger partial charge in [0.05, 0.1) is 25.2 Å². The van der Waals surface area contributed by atoms with Crippen LogP contribution in [0.1, 0.15) is 29.7 Å². The van der Waals surface area contributed by atoms with Gasteiger partial charge in [0.25, 0.3) is 0 Å². The summed E-state index contributed by atoms with van der Waals surface area (Å²) in [7, 11) is -3.36. The Morgan fingerprint density at radius 2 is 1.85 bits per heavy atom. The number of aryl methyl sites for hydroxylation is 2. The third-order valence-corrected chi connectivity index (χ3v) is 9.20. The van der Waals surface area contributed by atoms with Crippen LogP contribution >= 0.6 is 11.6 Å². The summed E-state index contributed by atoms with van der Waals surface area (Å²) in [6.45, 7) is 5.77. The second kappa shape index (κ2) is 13.0. The standard InChI is InChI=1S/C29H35ClFN5O4S/c1-41(38,39)35-14-11-27-25(20-35)29(33-36(27)13-2-12-34-15-17-40-18-16-34)22-3-9-26(30)21(19-22)4-10-28(37)32-24-7-5-23(31)6-8-24/h3,5-9,19H,2,4,10-18,20H2,1H3,(H,32,37). The number of ether oxygens (including phenoxy) is 1. The van der Waals surface area contributed by atoms with E-state index in [9.17, 15) is 17.6 Å². The maximum Gasteiger partial charge on any atom is 0.224 e. The molecule has 0 aliphatic carbocycles. The molecule has 0 radical (unpaired) electrons. The Labute approximate surface area is 245 Å². The Kier molecular flexibility index (Phi) is 9.40. The number of fused-ring (bicyclic) bond motifs is 1. The Morgan fingerprint density at radius 3 is 2.59 bits per heavy atom. The second-order valence-electron chi connectivity index (χ2n) is 10.5. The molecule has 1 fully saturated rings. The molecule has 2 aliphatic heterocycles. The lowest BCUT2D eigenvalue weighted by Crippen LogP contribution is -2.37. The van der Waals surface area contributed by atoms with Crippen LogP contribution in [0.4, 0.5) is 10.1 Å². The van der Waals surface area contributed by atoms with Gasteiger partial charge in [0.1, 0.15) is 5.82 Å². The van der Waals surface area contributed by atoms with E-state index in [1.54, 1.807) is 6.07 Å². The van der Waals surface area contributed by atoms with E-state index in [-0.39, 0.29) is 24.7 Å². The molecular formula is C29H35ClFN5O4S. The highest BCUT2D eigenvalue weighted by atomic mass is 35.5. The molecule has 0 unspecified atom stereocenters. The molecule has 220 valence electrons. The second-order valence-corrected chi connectivity index (χ2v) is 12.9. The molecule has 1 saturated heterocycles. The lowest BCUT2D eigenvalue weighted by Gasteiger charge is -2.27. The van der Waals surface area contributed by atoms with Gasteiger partial charge in [-0.15, -0.1) is 0 Å². The summed E-state index contributed by atoms with van der Waals surface area (Å²) in [5, 5.41) is 8.31. The zero-order valence-electron chi connectivity index (χ0n) is 23.1. The molecule has 0 spiro atoms. The number of anilines is 1. The minimum atomic E-state index is -3.36. The maximum absolute atomic E-state index is 13.2. The fourth-order valence-electron chi connectivity index (χ4n) is 5.35. The van der Waals surface area contributed by atoms with Crippen LogP contribution in [0.15, 0.2) is 42.5 Å². The van der Waals surface area contributed by atoms with Crippen molar-refractivity contribution in [2.45, 2.75) is 38.8 Å². The van der Waals surface area contributed by atoms with Crippen molar-refractivity contribution >= 4 is 33.2 Å². The lowest BCUT2D eigenvalue weighted by atomic mass is 9.99. The number of carbonyl (C=O) groups excluding carboxylic acids is 1. The normalized spacial score (nSPS) is 16.5. The van der Waals surface area contributed by atoms with Crippen molar-refractivity contribution in [3.63, 3.8) is 0 Å². The van der Waals surface area contributed by atoms with E-state index in [1.165, 1.54) is 34.8 Å². The molecule has 5 rings (SSSR count). The molecule has 41 heavy (non-hydrogen) atoms. The van der Waals surface area contributed by atoms with E-state index in [4.69, 9.17) is 21.4 Å². The number of nitrogens with one attached hydrogen (secondary N) is 1.